The fourth-order valence-corrected chi connectivity index (χ4v) is 2.97. The number of rotatable bonds is 8. The number of nitrogens with one attached hydrogen (secondary N) is 2. The molecule has 2 aromatic carbocycles. The molecule has 0 saturated carbocycles. The number of aliphatic imine (C=N–C) groups is 1. The number of aromatic nitrogens is 1. The Morgan fingerprint density at radius 3 is 2.63 bits per heavy atom. The molecule has 1 atom stereocenters. The van der Waals surface area contributed by atoms with Crippen molar-refractivity contribution in [2.24, 2.45) is 4.99 Å². The minimum atomic E-state index is -0.293. The second kappa shape index (κ2) is 10.5. The van der Waals surface area contributed by atoms with Crippen LogP contribution in [0.3, 0.4) is 0 Å². The Bertz CT molecular complexity index is 976. The van der Waals surface area contributed by atoms with Crippen molar-refractivity contribution in [1.29, 1.82) is 0 Å². The lowest BCUT2D eigenvalue weighted by Gasteiger charge is -2.11. The third-order valence-corrected chi connectivity index (χ3v) is 4.57. The molecule has 0 fully saturated rings. The molecule has 0 bridgehead atoms. The number of hydrogen-bond donors (Lipinski definition) is 4. The lowest BCUT2D eigenvalue weighted by Crippen LogP contribution is -2.33. The summed E-state index contributed by atoms with van der Waals surface area (Å²) in [5, 5.41) is 27.8. The SMILES string of the molecule is CC(c1ccc(-c2ccccc2)c(F)c1)c1cc(NC(=NCCO)NCCO)on1. The second-order valence-corrected chi connectivity index (χ2v) is 6.67. The maximum Gasteiger partial charge on any atom is 0.231 e. The van der Waals surface area contributed by atoms with Crippen LogP contribution < -0.4 is 10.6 Å². The van der Waals surface area contributed by atoms with E-state index in [-0.39, 0.29) is 31.5 Å². The van der Waals surface area contributed by atoms with Gasteiger partial charge in [-0.25, -0.2) is 4.39 Å². The van der Waals surface area contributed by atoms with E-state index < -0.39 is 0 Å². The van der Waals surface area contributed by atoms with Crippen molar-refractivity contribution < 1.29 is 19.1 Å². The molecule has 0 spiro atoms. The molecule has 3 aromatic rings. The normalized spacial score (nSPS) is 12.6. The number of benzene rings is 2. The van der Waals surface area contributed by atoms with Gasteiger partial charge in [-0.15, -0.1) is 0 Å². The number of nitrogens with zero attached hydrogens (tertiary/aromatic N) is 2. The molecule has 158 valence electrons. The molecule has 0 aliphatic carbocycles. The van der Waals surface area contributed by atoms with Crippen molar-refractivity contribution in [1.82, 2.24) is 10.5 Å². The largest absolute Gasteiger partial charge is 0.395 e. The van der Waals surface area contributed by atoms with E-state index >= 15 is 0 Å². The van der Waals surface area contributed by atoms with Crippen LogP contribution in [0, 0.1) is 5.82 Å². The smallest absolute Gasteiger partial charge is 0.231 e. The number of anilines is 1. The molecule has 8 heteroatoms. The van der Waals surface area contributed by atoms with Gasteiger partial charge in [0.05, 0.1) is 25.5 Å². The fraction of sp³-hybridized carbons (Fsp3) is 0.273. The molecule has 30 heavy (non-hydrogen) atoms. The zero-order chi connectivity index (χ0) is 21.3. The fourth-order valence-electron chi connectivity index (χ4n) is 2.97. The number of halogens is 1. The summed E-state index contributed by atoms with van der Waals surface area (Å²) in [5.41, 5.74) is 2.79. The molecule has 0 aliphatic rings. The highest BCUT2D eigenvalue weighted by molar-refractivity contribution is 5.92. The monoisotopic (exact) mass is 412 g/mol. The van der Waals surface area contributed by atoms with Gasteiger partial charge >= 0.3 is 0 Å². The van der Waals surface area contributed by atoms with Gasteiger partial charge in [-0.05, 0) is 17.2 Å². The van der Waals surface area contributed by atoms with Gasteiger partial charge in [0.25, 0.3) is 0 Å². The van der Waals surface area contributed by atoms with Crippen molar-refractivity contribution >= 4 is 11.8 Å². The maximum absolute atomic E-state index is 14.7. The van der Waals surface area contributed by atoms with Crippen molar-refractivity contribution in [3.05, 3.63) is 71.7 Å². The van der Waals surface area contributed by atoms with Crippen LogP contribution in [0.15, 0.2) is 64.1 Å². The van der Waals surface area contributed by atoms with Gasteiger partial charge in [0, 0.05) is 24.1 Å². The minimum absolute atomic E-state index is 0.0664. The molecular weight excluding hydrogens is 387 g/mol. The zero-order valence-electron chi connectivity index (χ0n) is 16.7. The first-order valence-corrected chi connectivity index (χ1v) is 9.71. The molecular formula is C22H25FN4O3. The first-order valence-electron chi connectivity index (χ1n) is 9.71. The first kappa shape index (κ1) is 21.5. The van der Waals surface area contributed by atoms with E-state index in [1.54, 1.807) is 12.1 Å². The second-order valence-electron chi connectivity index (χ2n) is 6.67. The van der Waals surface area contributed by atoms with E-state index in [0.717, 1.165) is 11.1 Å². The van der Waals surface area contributed by atoms with Gasteiger partial charge in [0.1, 0.15) is 5.82 Å². The highest BCUT2D eigenvalue weighted by Gasteiger charge is 2.17. The van der Waals surface area contributed by atoms with E-state index in [1.807, 2.05) is 43.3 Å². The molecule has 1 aromatic heterocycles. The molecule has 4 N–H and O–H groups in total. The topological polar surface area (TPSA) is 103 Å². The molecule has 0 aliphatic heterocycles. The Kier molecular flexibility index (Phi) is 7.53. The zero-order valence-corrected chi connectivity index (χ0v) is 16.7. The van der Waals surface area contributed by atoms with Crippen LogP contribution in [-0.4, -0.2) is 47.6 Å². The van der Waals surface area contributed by atoms with Crippen LogP contribution in [0.4, 0.5) is 10.3 Å². The van der Waals surface area contributed by atoms with E-state index in [1.165, 1.54) is 6.07 Å². The molecule has 0 amide bonds. The van der Waals surface area contributed by atoms with E-state index in [2.05, 4.69) is 20.8 Å². The Hall–Kier alpha value is -3.23. The van der Waals surface area contributed by atoms with Crippen LogP contribution >= 0.6 is 0 Å². The summed E-state index contributed by atoms with van der Waals surface area (Å²) in [6.45, 7) is 2.24. The molecule has 3 rings (SSSR count). The average molecular weight is 412 g/mol. The molecule has 0 saturated heterocycles. The predicted molar refractivity (Wildman–Crippen MR) is 114 cm³/mol. The predicted octanol–water partition coefficient (Wildman–Crippen LogP) is 2.97. The summed E-state index contributed by atoms with van der Waals surface area (Å²) >= 11 is 0. The van der Waals surface area contributed by atoms with Crippen LogP contribution in [0.5, 0.6) is 0 Å². The maximum atomic E-state index is 14.7. The van der Waals surface area contributed by atoms with Crippen molar-refractivity contribution in [2.45, 2.75) is 12.8 Å². The molecule has 7 nitrogen and oxygen atoms in total. The average Bonchev–Trinajstić information content (AvgIpc) is 3.24. The number of aliphatic hydroxyl groups is 2. The molecule has 1 unspecified atom stereocenters. The number of guanidine groups is 1. The third kappa shape index (κ3) is 5.43. The van der Waals surface area contributed by atoms with Crippen LogP contribution in [0.2, 0.25) is 0 Å². The van der Waals surface area contributed by atoms with Crippen molar-refractivity contribution in [3.63, 3.8) is 0 Å². The summed E-state index contributed by atoms with van der Waals surface area (Å²) in [4.78, 5) is 4.13. The summed E-state index contributed by atoms with van der Waals surface area (Å²) in [7, 11) is 0. The Morgan fingerprint density at radius 2 is 1.93 bits per heavy atom. The Balaban J connectivity index is 1.74. The van der Waals surface area contributed by atoms with Gasteiger partial charge in [0.2, 0.25) is 5.88 Å². The van der Waals surface area contributed by atoms with Crippen LogP contribution in [0.25, 0.3) is 11.1 Å². The van der Waals surface area contributed by atoms with E-state index in [9.17, 15) is 4.39 Å². The van der Waals surface area contributed by atoms with E-state index in [4.69, 9.17) is 14.7 Å². The van der Waals surface area contributed by atoms with Gasteiger partial charge in [-0.3, -0.25) is 10.3 Å². The number of aliphatic hydroxyl groups excluding tert-OH is 2. The van der Waals surface area contributed by atoms with Crippen LogP contribution in [-0.2, 0) is 0 Å². The quantitative estimate of drug-likeness (QED) is 0.335. The van der Waals surface area contributed by atoms with Crippen LogP contribution in [0.1, 0.15) is 24.1 Å². The van der Waals surface area contributed by atoms with Gasteiger partial charge in [0.15, 0.2) is 5.96 Å². The van der Waals surface area contributed by atoms with Gasteiger partial charge in [-0.1, -0.05) is 54.5 Å². The summed E-state index contributed by atoms with van der Waals surface area (Å²) in [6.07, 6.45) is 0. The standard InChI is InChI=1S/C22H25FN4O3/c1-15(17-7-8-18(19(23)13-17)16-5-3-2-4-6-16)20-14-21(30-27-20)26-22(24-9-11-28)25-10-12-29/h2-8,13-15,28-29H,9-12H2,1H3,(H2,24,25,26). The molecule has 1 heterocycles. The third-order valence-electron chi connectivity index (χ3n) is 4.57. The van der Waals surface area contributed by atoms with Crippen molar-refractivity contribution in [2.75, 3.05) is 31.6 Å². The Labute approximate surface area is 174 Å². The Morgan fingerprint density at radius 1 is 1.13 bits per heavy atom. The highest BCUT2D eigenvalue weighted by Crippen LogP contribution is 2.29. The van der Waals surface area contributed by atoms with E-state index in [0.29, 0.717) is 29.6 Å². The summed E-state index contributed by atoms with van der Waals surface area (Å²) in [6, 6.07) is 16.3. The summed E-state index contributed by atoms with van der Waals surface area (Å²) in [5.74, 6) is 0.220. The number of hydrogen-bond acceptors (Lipinski definition) is 5. The lowest BCUT2D eigenvalue weighted by molar-refractivity contribution is 0.299. The highest BCUT2D eigenvalue weighted by atomic mass is 19.1. The van der Waals surface area contributed by atoms with Gasteiger partial charge in [-0.2, -0.15) is 0 Å². The van der Waals surface area contributed by atoms with Crippen molar-refractivity contribution in [3.8, 4) is 11.1 Å². The lowest BCUT2D eigenvalue weighted by atomic mass is 9.95. The minimum Gasteiger partial charge on any atom is -0.395 e. The van der Waals surface area contributed by atoms with Gasteiger partial charge < -0.3 is 20.1 Å². The first-order chi connectivity index (χ1) is 14.6. The summed E-state index contributed by atoms with van der Waals surface area (Å²) < 4.78 is 20.0. The molecule has 0 radical (unpaired) electrons.